The van der Waals surface area contributed by atoms with Crippen LogP contribution in [0.5, 0.6) is 0 Å². The Labute approximate surface area is 114 Å². The number of hydrogen-bond acceptors (Lipinski definition) is 1. The van der Waals surface area contributed by atoms with E-state index in [-0.39, 0.29) is 6.04 Å². The van der Waals surface area contributed by atoms with Crippen molar-refractivity contribution in [1.82, 2.24) is 5.32 Å². The summed E-state index contributed by atoms with van der Waals surface area (Å²) in [5.74, 6) is -0.136. The van der Waals surface area contributed by atoms with Crippen LogP contribution in [-0.4, -0.2) is 6.04 Å². The lowest BCUT2D eigenvalue weighted by atomic mass is 9.93. The van der Waals surface area contributed by atoms with Gasteiger partial charge in [0.1, 0.15) is 0 Å². The van der Waals surface area contributed by atoms with Crippen LogP contribution in [0.15, 0.2) is 18.2 Å². The lowest BCUT2D eigenvalue weighted by Crippen LogP contribution is -2.35. The molecule has 19 heavy (non-hydrogen) atoms. The number of halogens is 2. The van der Waals surface area contributed by atoms with E-state index in [1.807, 2.05) is 6.92 Å². The SMILES string of the molecule is CCC1CCC(NC(C)c2cccc(F)c2F)C1C. The van der Waals surface area contributed by atoms with E-state index in [1.54, 1.807) is 12.1 Å². The highest BCUT2D eigenvalue weighted by molar-refractivity contribution is 5.22. The van der Waals surface area contributed by atoms with E-state index < -0.39 is 11.6 Å². The van der Waals surface area contributed by atoms with Crippen LogP contribution < -0.4 is 5.32 Å². The van der Waals surface area contributed by atoms with E-state index >= 15 is 0 Å². The third-order valence-electron chi connectivity index (χ3n) is 4.66. The standard InChI is InChI=1S/C16H23F2N/c1-4-12-8-9-15(10(12)2)19-11(3)13-6-5-7-14(17)16(13)18/h5-7,10-12,15,19H,4,8-9H2,1-3H3. The van der Waals surface area contributed by atoms with Gasteiger partial charge in [-0.05, 0) is 37.7 Å². The smallest absolute Gasteiger partial charge is 0.163 e. The van der Waals surface area contributed by atoms with Crippen molar-refractivity contribution in [2.45, 2.75) is 52.1 Å². The summed E-state index contributed by atoms with van der Waals surface area (Å²) in [6, 6.07) is 4.64. The van der Waals surface area contributed by atoms with Crippen molar-refractivity contribution in [2.75, 3.05) is 0 Å². The highest BCUT2D eigenvalue weighted by atomic mass is 19.2. The first kappa shape index (κ1) is 14.4. The highest BCUT2D eigenvalue weighted by Crippen LogP contribution is 2.35. The van der Waals surface area contributed by atoms with E-state index in [0.717, 1.165) is 18.4 Å². The first-order valence-electron chi connectivity index (χ1n) is 7.24. The molecule has 1 N–H and O–H groups in total. The zero-order valence-electron chi connectivity index (χ0n) is 11.9. The fraction of sp³-hybridized carbons (Fsp3) is 0.625. The van der Waals surface area contributed by atoms with Crippen molar-refractivity contribution in [3.63, 3.8) is 0 Å². The topological polar surface area (TPSA) is 12.0 Å². The molecule has 4 atom stereocenters. The third kappa shape index (κ3) is 2.97. The van der Waals surface area contributed by atoms with Gasteiger partial charge < -0.3 is 5.32 Å². The summed E-state index contributed by atoms with van der Waals surface area (Å²) in [6.45, 7) is 6.39. The van der Waals surface area contributed by atoms with E-state index in [1.165, 1.54) is 12.8 Å². The monoisotopic (exact) mass is 267 g/mol. The maximum atomic E-state index is 13.8. The van der Waals surface area contributed by atoms with Crippen LogP contribution in [0.1, 0.15) is 51.6 Å². The fourth-order valence-corrected chi connectivity index (χ4v) is 3.32. The summed E-state index contributed by atoms with van der Waals surface area (Å²) in [4.78, 5) is 0. The molecular formula is C16H23F2N. The Kier molecular flexibility index (Phi) is 4.56. The summed E-state index contributed by atoms with van der Waals surface area (Å²) in [7, 11) is 0. The third-order valence-corrected chi connectivity index (χ3v) is 4.66. The Bertz CT molecular complexity index is 433. The quantitative estimate of drug-likeness (QED) is 0.850. The summed E-state index contributed by atoms with van der Waals surface area (Å²) >= 11 is 0. The van der Waals surface area contributed by atoms with Gasteiger partial charge in [0, 0.05) is 17.6 Å². The summed E-state index contributed by atoms with van der Waals surface area (Å²) in [5.41, 5.74) is 0.423. The molecule has 0 radical (unpaired) electrons. The molecule has 0 spiro atoms. The average molecular weight is 267 g/mol. The van der Waals surface area contributed by atoms with Gasteiger partial charge in [0.2, 0.25) is 0 Å². The average Bonchev–Trinajstić information content (AvgIpc) is 2.73. The van der Waals surface area contributed by atoms with Gasteiger partial charge >= 0.3 is 0 Å². The number of rotatable bonds is 4. The van der Waals surface area contributed by atoms with Crippen molar-refractivity contribution < 1.29 is 8.78 Å². The van der Waals surface area contributed by atoms with Gasteiger partial charge in [-0.25, -0.2) is 8.78 Å². The summed E-state index contributed by atoms with van der Waals surface area (Å²) in [5, 5.41) is 3.47. The molecule has 4 unspecified atom stereocenters. The van der Waals surface area contributed by atoms with Crippen molar-refractivity contribution >= 4 is 0 Å². The molecule has 1 aliphatic rings. The Balaban J connectivity index is 2.05. The largest absolute Gasteiger partial charge is 0.307 e. The minimum atomic E-state index is -0.767. The number of hydrogen-bond donors (Lipinski definition) is 1. The number of benzene rings is 1. The second-order valence-electron chi connectivity index (χ2n) is 5.74. The van der Waals surface area contributed by atoms with Gasteiger partial charge in [-0.15, -0.1) is 0 Å². The van der Waals surface area contributed by atoms with Crippen LogP contribution in [0, 0.1) is 23.5 Å². The molecule has 0 aromatic heterocycles. The molecule has 0 amide bonds. The lowest BCUT2D eigenvalue weighted by Gasteiger charge is -2.25. The molecule has 0 heterocycles. The van der Waals surface area contributed by atoms with Crippen molar-refractivity contribution in [3.05, 3.63) is 35.4 Å². The van der Waals surface area contributed by atoms with E-state index in [0.29, 0.717) is 17.5 Å². The van der Waals surface area contributed by atoms with E-state index in [9.17, 15) is 8.78 Å². The minimum Gasteiger partial charge on any atom is -0.307 e. The molecule has 0 aliphatic heterocycles. The second-order valence-corrected chi connectivity index (χ2v) is 5.74. The molecule has 1 saturated carbocycles. The molecule has 1 fully saturated rings. The molecule has 1 aromatic rings. The minimum absolute atomic E-state index is 0.154. The molecule has 1 nitrogen and oxygen atoms in total. The summed E-state index contributed by atoms with van der Waals surface area (Å²) < 4.78 is 27.0. The zero-order valence-corrected chi connectivity index (χ0v) is 11.9. The van der Waals surface area contributed by atoms with Gasteiger partial charge in [-0.2, -0.15) is 0 Å². The first-order valence-corrected chi connectivity index (χ1v) is 7.24. The second kappa shape index (κ2) is 6.00. The lowest BCUT2D eigenvalue weighted by molar-refractivity contribution is 0.324. The maximum absolute atomic E-state index is 13.8. The Morgan fingerprint density at radius 3 is 2.68 bits per heavy atom. The van der Waals surface area contributed by atoms with E-state index in [4.69, 9.17) is 0 Å². The zero-order chi connectivity index (χ0) is 14.0. The number of nitrogens with one attached hydrogen (secondary N) is 1. The predicted octanol–water partition coefficient (Wildman–Crippen LogP) is 4.44. The van der Waals surface area contributed by atoms with Crippen molar-refractivity contribution in [3.8, 4) is 0 Å². The predicted molar refractivity (Wildman–Crippen MR) is 73.9 cm³/mol. The van der Waals surface area contributed by atoms with Crippen LogP contribution in [0.2, 0.25) is 0 Å². The molecular weight excluding hydrogens is 244 g/mol. The molecule has 0 bridgehead atoms. The summed E-state index contributed by atoms with van der Waals surface area (Å²) in [6.07, 6.45) is 3.55. The highest BCUT2D eigenvalue weighted by Gasteiger charge is 2.32. The van der Waals surface area contributed by atoms with Crippen LogP contribution in [0.3, 0.4) is 0 Å². The molecule has 2 rings (SSSR count). The van der Waals surface area contributed by atoms with Crippen molar-refractivity contribution in [2.24, 2.45) is 11.8 Å². The van der Waals surface area contributed by atoms with Gasteiger partial charge in [0.25, 0.3) is 0 Å². The Morgan fingerprint density at radius 2 is 2.05 bits per heavy atom. The molecule has 106 valence electrons. The molecule has 0 saturated heterocycles. The van der Waals surface area contributed by atoms with Crippen LogP contribution >= 0.6 is 0 Å². The molecule has 3 heteroatoms. The Morgan fingerprint density at radius 1 is 1.32 bits per heavy atom. The van der Waals surface area contributed by atoms with Gasteiger partial charge in [-0.3, -0.25) is 0 Å². The van der Waals surface area contributed by atoms with Gasteiger partial charge in [0.05, 0.1) is 0 Å². The van der Waals surface area contributed by atoms with Gasteiger partial charge in [0.15, 0.2) is 11.6 Å². The molecule has 1 aromatic carbocycles. The fourth-order valence-electron chi connectivity index (χ4n) is 3.32. The van der Waals surface area contributed by atoms with Crippen LogP contribution in [-0.2, 0) is 0 Å². The first-order chi connectivity index (χ1) is 9.04. The van der Waals surface area contributed by atoms with Crippen molar-refractivity contribution in [1.29, 1.82) is 0 Å². The van der Waals surface area contributed by atoms with Crippen LogP contribution in [0.4, 0.5) is 8.78 Å². The normalized spacial score (nSPS) is 28.6. The van der Waals surface area contributed by atoms with Gasteiger partial charge in [-0.1, -0.05) is 32.4 Å². The van der Waals surface area contributed by atoms with E-state index in [2.05, 4.69) is 19.2 Å². The maximum Gasteiger partial charge on any atom is 0.163 e. The Hall–Kier alpha value is -0.960. The van der Waals surface area contributed by atoms with Crippen LogP contribution in [0.25, 0.3) is 0 Å². The molecule has 1 aliphatic carbocycles.